The first-order valence-electron chi connectivity index (χ1n) is 13.1. The molecule has 4 rings (SSSR count). The number of carboxylic acid groups (broad SMARTS) is 1. The number of hydrogen-bond acceptors (Lipinski definition) is 3. The van der Waals surface area contributed by atoms with Crippen molar-refractivity contribution in [2.45, 2.75) is 38.8 Å². The number of aromatic nitrogens is 1. The number of rotatable bonds is 11. The molecular formula is C31H28ClF3N2O4. The summed E-state index contributed by atoms with van der Waals surface area (Å²) in [6.45, 7) is 1.98. The summed E-state index contributed by atoms with van der Waals surface area (Å²) in [6, 6.07) is 18.3. The molecule has 3 aromatic carbocycles. The normalized spacial score (nSPS) is 12.3. The van der Waals surface area contributed by atoms with E-state index in [1.807, 2.05) is 6.92 Å². The number of nitrogens with one attached hydrogen (secondary N) is 1. The van der Waals surface area contributed by atoms with Gasteiger partial charge in [-0.05, 0) is 79.1 Å². The first-order chi connectivity index (χ1) is 19.5. The van der Waals surface area contributed by atoms with E-state index in [1.165, 1.54) is 12.1 Å². The van der Waals surface area contributed by atoms with Crippen LogP contribution in [0.2, 0.25) is 5.02 Å². The van der Waals surface area contributed by atoms with Gasteiger partial charge in [-0.15, -0.1) is 0 Å². The topological polar surface area (TPSA) is 88.4 Å². The Morgan fingerprint density at radius 1 is 0.976 bits per heavy atom. The number of carboxylic acids is 1. The second kappa shape index (κ2) is 12.6. The molecule has 0 bridgehead atoms. The Morgan fingerprint density at radius 3 is 2.27 bits per heavy atom. The Morgan fingerprint density at radius 2 is 1.66 bits per heavy atom. The molecule has 1 amide bonds. The summed E-state index contributed by atoms with van der Waals surface area (Å²) in [5.41, 5.74) is 1.83. The minimum atomic E-state index is -4.48. The molecule has 0 aliphatic rings. The van der Waals surface area contributed by atoms with E-state index in [0.717, 1.165) is 24.1 Å². The predicted octanol–water partition coefficient (Wildman–Crippen LogP) is 7.35. The molecule has 214 valence electrons. The summed E-state index contributed by atoms with van der Waals surface area (Å²) < 4.78 is 41.3. The molecule has 2 N–H and O–H groups in total. The third-order valence-corrected chi connectivity index (χ3v) is 7.03. The van der Waals surface area contributed by atoms with Crippen LogP contribution >= 0.6 is 11.6 Å². The molecule has 0 saturated carbocycles. The van der Waals surface area contributed by atoms with Gasteiger partial charge in [0, 0.05) is 34.1 Å². The van der Waals surface area contributed by atoms with Gasteiger partial charge in [-0.1, -0.05) is 37.1 Å². The SMILES string of the molecule is CCCC(Cc1ccc(C(=O)NCCC(=O)O)cc1)C(=O)c1cc2cc(Cl)ccc2n1-c1ccc(C(F)(F)F)cc1. The highest BCUT2D eigenvalue weighted by atomic mass is 35.5. The second-order valence-corrected chi connectivity index (χ2v) is 10.2. The number of alkyl halides is 3. The fourth-order valence-electron chi connectivity index (χ4n) is 4.79. The Bertz CT molecular complexity index is 1560. The number of carbonyl (C=O) groups is 3. The van der Waals surface area contributed by atoms with Gasteiger partial charge >= 0.3 is 12.1 Å². The third-order valence-electron chi connectivity index (χ3n) is 6.80. The molecule has 1 aromatic heterocycles. The van der Waals surface area contributed by atoms with Crippen LogP contribution in [0.15, 0.2) is 72.8 Å². The zero-order valence-electron chi connectivity index (χ0n) is 22.2. The zero-order valence-corrected chi connectivity index (χ0v) is 22.9. The summed E-state index contributed by atoms with van der Waals surface area (Å²) in [5, 5.41) is 12.4. The molecule has 4 aromatic rings. The van der Waals surface area contributed by atoms with Crippen molar-refractivity contribution in [3.8, 4) is 5.69 Å². The van der Waals surface area contributed by atoms with Gasteiger partial charge in [-0.25, -0.2) is 0 Å². The van der Waals surface area contributed by atoms with E-state index in [2.05, 4.69) is 5.32 Å². The number of hydrogen-bond donors (Lipinski definition) is 2. The Labute approximate surface area is 239 Å². The van der Waals surface area contributed by atoms with Gasteiger partial charge in [0.25, 0.3) is 5.91 Å². The van der Waals surface area contributed by atoms with Gasteiger partial charge in [-0.2, -0.15) is 13.2 Å². The minimum absolute atomic E-state index is 0.0150. The molecule has 1 unspecified atom stereocenters. The number of Topliss-reactive ketones (excluding diaryl/α,β-unsaturated/α-hetero) is 1. The predicted molar refractivity (Wildman–Crippen MR) is 151 cm³/mol. The van der Waals surface area contributed by atoms with Gasteiger partial charge in [0.1, 0.15) is 0 Å². The van der Waals surface area contributed by atoms with E-state index >= 15 is 0 Å². The molecule has 10 heteroatoms. The average molecular weight is 585 g/mol. The first kappa shape index (κ1) is 29.9. The van der Waals surface area contributed by atoms with Crippen molar-refractivity contribution in [3.05, 3.63) is 100 Å². The van der Waals surface area contributed by atoms with Crippen LogP contribution in [0.3, 0.4) is 0 Å². The summed E-state index contributed by atoms with van der Waals surface area (Å²) >= 11 is 6.20. The fourth-order valence-corrected chi connectivity index (χ4v) is 4.97. The number of halogens is 4. The van der Waals surface area contributed by atoms with Crippen molar-refractivity contribution in [1.82, 2.24) is 9.88 Å². The van der Waals surface area contributed by atoms with Crippen molar-refractivity contribution in [3.63, 3.8) is 0 Å². The van der Waals surface area contributed by atoms with Crippen LogP contribution in [-0.4, -0.2) is 33.9 Å². The second-order valence-electron chi connectivity index (χ2n) is 9.76. The van der Waals surface area contributed by atoms with E-state index in [0.29, 0.717) is 45.7 Å². The molecule has 6 nitrogen and oxygen atoms in total. The third kappa shape index (κ3) is 7.16. The summed E-state index contributed by atoms with van der Waals surface area (Å²) in [6.07, 6.45) is -2.97. The van der Waals surface area contributed by atoms with Crippen molar-refractivity contribution < 1.29 is 32.7 Å². The summed E-state index contributed by atoms with van der Waals surface area (Å²) in [5.74, 6) is -1.98. The molecule has 1 heterocycles. The lowest BCUT2D eigenvalue weighted by atomic mass is 9.89. The number of fused-ring (bicyclic) bond motifs is 1. The summed E-state index contributed by atoms with van der Waals surface area (Å²) in [7, 11) is 0. The van der Waals surface area contributed by atoms with Crippen LogP contribution in [0.25, 0.3) is 16.6 Å². The van der Waals surface area contributed by atoms with Gasteiger partial charge in [-0.3, -0.25) is 14.4 Å². The number of carbonyl (C=O) groups excluding carboxylic acids is 2. The van der Waals surface area contributed by atoms with E-state index in [4.69, 9.17) is 16.7 Å². The molecule has 0 fully saturated rings. The lowest BCUT2D eigenvalue weighted by Crippen LogP contribution is -2.26. The fraction of sp³-hybridized carbons (Fsp3) is 0.258. The molecule has 41 heavy (non-hydrogen) atoms. The Hall–Kier alpha value is -4.11. The number of amides is 1. The monoisotopic (exact) mass is 584 g/mol. The van der Waals surface area contributed by atoms with Gasteiger partial charge in [0.2, 0.25) is 0 Å². The highest BCUT2D eigenvalue weighted by Crippen LogP contribution is 2.33. The molecule has 0 radical (unpaired) electrons. The Kier molecular flexibility index (Phi) is 9.18. The molecule has 0 aliphatic heterocycles. The number of benzene rings is 3. The molecule has 0 spiro atoms. The average Bonchev–Trinajstić information content (AvgIpc) is 3.30. The van der Waals surface area contributed by atoms with Gasteiger partial charge in [0.15, 0.2) is 5.78 Å². The summed E-state index contributed by atoms with van der Waals surface area (Å²) in [4.78, 5) is 37.0. The van der Waals surface area contributed by atoms with Gasteiger partial charge in [0.05, 0.1) is 23.2 Å². The molecular weight excluding hydrogens is 557 g/mol. The van der Waals surface area contributed by atoms with Crippen LogP contribution in [-0.2, 0) is 17.4 Å². The highest BCUT2D eigenvalue weighted by molar-refractivity contribution is 6.31. The first-order valence-corrected chi connectivity index (χ1v) is 13.5. The molecule has 0 saturated heterocycles. The van der Waals surface area contributed by atoms with Crippen molar-refractivity contribution in [1.29, 1.82) is 0 Å². The maximum absolute atomic E-state index is 14.0. The van der Waals surface area contributed by atoms with Crippen LogP contribution in [0.4, 0.5) is 13.2 Å². The van der Waals surface area contributed by atoms with Gasteiger partial charge < -0.3 is 15.0 Å². The maximum atomic E-state index is 14.0. The van der Waals surface area contributed by atoms with Crippen molar-refractivity contribution in [2.75, 3.05) is 6.54 Å². The number of aliphatic carboxylic acids is 1. The zero-order chi connectivity index (χ0) is 29.7. The number of nitrogens with zero attached hydrogens (tertiary/aromatic N) is 1. The quantitative estimate of drug-likeness (QED) is 0.180. The Balaban J connectivity index is 1.64. The van der Waals surface area contributed by atoms with E-state index in [1.54, 1.807) is 53.1 Å². The standard InChI is InChI=1S/C31H28ClF3N2O4/c1-2-3-21(16-19-4-6-20(7-5-19)30(41)36-15-14-28(38)39)29(40)27-18-22-17-24(32)10-13-26(22)37(27)25-11-8-23(9-12-25)31(33,34)35/h4-13,17-18,21H,2-3,14-16H2,1H3,(H,36,41)(H,38,39). The van der Waals surface area contributed by atoms with E-state index in [-0.39, 0.29) is 18.7 Å². The molecule has 0 aliphatic carbocycles. The van der Waals surface area contributed by atoms with Crippen LogP contribution in [0, 0.1) is 5.92 Å². The van der Waals surface area contributed by atoms with Crippen LogP contribution in [0.1, 0.15) is 58.2 Å². The minimum Gasteiger partial charge on any atom is -0.481 e. The van der Waals surface area contributed by atoms with Crippen molar-refractivity contribution >= 4 is 40.2 Å². The highest BCUT2D eigenvalue weighted by Gasteiger charge is 2.30. The lowest BCUT2D eigenvalue weighted by molar-refractivity contribution is -0.138. The largest absolute Gasteiger partial charge is 0.481 e. The van der Waals surface area contributed by atoms with Crippen LogP contribution in [0.5, 0.6) is 0 Å². The van der Waals surface area contributed by atoms with Crippen molar-refractivity contribution in [2.24, 2.45) is 5.92 Å². The maximum Gasteiger partial charge on any atom is 0.416 e. The van der Waals surface area contributed by atoms with E-state index in [9.17, 15) is 27.6 Å². The van der Waals surface area contributed by atoms with Crippen LogP contribution < -0.4 is 5.32 Å². The molecule has 1 atom stereocenters. The lowest BCUT2D eigenvalue weighted by Gasteiger charge is -2.18. The smallest absolute Gasteiger partial charge is 0.416 e. The number of ketones is 1. The van der Waals surface area contributed by atoms with E-state index < -0.39 is 29.5 Å².